The quantitative estimate of drug-likeness (QED) is 0.350. The minimum atomic E-state index is 0.306. The second-order valence-electron chi connectivity index (χ2n) is 7.73. The largest absolute Gasteiger partial charge is 0.508 e. The van der Waals surface area contributed by atoms with Gasteiger partial charge >= 0.3 is 0 Å². The van der Waals surface area contributed by atoms with Gasteiger partial charge in [-0.05, 0) is 96.5 Å². The van der Waals surface area contributed by atoms with Gasteiger partial charge in [-0.15, -0.1) is 0 Å². The monoisotopic (exact) mass is 410 g/mol. The molecule has 3 nitrogen and oxygen atoms in total. The van der Waals surface area contributed by atoms with Gasteiger partial charge in [-0.25, -0.2) is 0 Å². The van der Waals surface area contributed by atoms with Crippen LogP contribution in [0.15, 0.2) is 97.1 Å². The lowest BCUT2D eigenvalue weighted by Gasteiger charge is -2.09. The topological polar surface area (TPSA) is 49.7 Å². The van der Waals surface area contributed by atoms with Gasteiger partial charge in [-0.3, -0.25) is 0 Å². The maximum Gasteiger partial charge on any atom is 0.127 e. The molecule has 4 rings (SSSR count). The number of phenols is 2. The molecule has 0 heterocycles. The van der Waals surface area contributed by atoms with Crippen LogP contribution in [0.4, 0.5) is 0 Å². The summed E-state index contributed by atoms with van der Waals surface area (Å²) >= 11 is 0. The van der Waals surface area contributed by atoms with E-state index >= 15 is 0 Å². The molecule has 0 spiro atoms. The average molecular weight is 411 g/mol. The van der Waals surface area contributed by atoms with Crippen molar-refractivity contribution in [2.24, 2.45) is 0 Å². The van der Waals surface area contributed by atoms with Gasteiger partial charge in [0.25, 0.3) is 0 Å². The first-order valence-corrected chi connectivity index (χ1v) is 10.6. The lowest BCUT2D eigenvalue weighted by atomic mass is 10.0. The van der Waals surface area contributed by atoms with E-state index in [1.54, 1.807) is 12.1 Å². The molecule has 3 heteroatoms. The molecule has 0 aliphatic heterocycles. The molecule has 156 valence electrons. The number of ether oxygens (including phenoxy) is 1. The smallest absolute Gasteiger partial charge is 0.127 e. The van der Waals surface area contributed by atoms with Gasteiger partial charge in [0, 0.05) is 0 Å². The van der Waals surface area contributed by atoms with Gasteiger partial charge in [0.05, 0.1) is 0 Å². The molecule has 0 amide bonds. The fourth-order valence-electron chi connectivity index (χ4n) is 3.63. The highest BCUT2D eigenvalue weighted by Gasteiger charge is 2.03. The molecule has 0 saturated carbocycles. The molecule has 0 atom stereocenters. The third kappa shape index (κ3) is 6.13. The van der Waals surface area contributed by atoms with E-state index < -0.39 is 0 Å². The molecule has 0 bridgehead atoms. The first kappa shape index (κ1) is 20.5. The van der Waals surface area contributed by atoms with Gasteiger partial charge in [0.1, 0.15) is 23.0 Å². The number of hydrogen-bond donors (Lipinski definition) is 2. The van der Waals surface area contributed by atoms with Crippen molar-refractivity contribution < 1.29 is 14.9 Å². The van der Waals surface area contributed by atoms with Crippen LogP contribution in [0.2, 0.25) is 0 Å². The third-order valence-corrected chi connectivity index (χ3v) is 5.28. The Kier molecular flexibility index (Phi) is 6.53. The SMILES string of the molecule is Oc1cccc(CCc2ccc(Oc3cccc(CCc4cccc(O)c4)c3)cc2)c1. The Morgan fingerprint density at radius 1 is 0.452 bits per heavy atom. The van der Waals surface area contributed by atoms with E-state index in [9.17, 15) is 10.2 Å². The summed E-state index contributed by atoms with van der Waals surface area (Å²) in [6.45, 7) is 0. The van der Waals surface area contributed by atoms with Gasteiger partial charge in [0.2, 0.25) is 0 Å². The first-order chi connectivity index (χ1) is 15.1. The number of rotatable bonds is 8. The van der Waals surface area contributed by atoms with Crippen molar-refractivity contribution in [3.63, 3.8) is 0 Å². The fraction of sp³-hybridized carbons (Fsp3) is 0.143. The lowest BCUT2D eigenvalue weighted by molar-refractivity contribution is 0.474. The minimum Gasteiger partial charge on any atom is -0.508 e. The summed E-state index contributed by atoms with van der Waals surface area (Å²) in [5, 5.41) is 19.2. The van der Waals surface area contributed by atoms with Crippen molar-refractivity contribution in [2.75, 3.05) is 0 Å². The molecule has 2 N–H and O–H groups in total. The molecule has 0 aromatic heterocycles. The molecule has 0 aliphatic carbocycles. The summed E-state index contributed by atoms with van der Waals surface area (Å²) in [5.41, 5.74) is 4.68. The molecular weight excluding hydrogens is 384 g/mol. The number of aromatic hydroxyl groups is 2. The molecule has 0 fully saturated rings. The van der Waals surface area contributed by atoms with Crippen molar-refractivity contribution in [1.29, 1.82) is 0 Å². The maximum absolute atomic E-state index is 9.61. The van der Waals surface area contributed by atoms with Gasteiger partial charge in [0.15, 0.2) is 0 Å². The van der Waals surface area contributed by atoms with Crippen LogP contribution in [-0.2, 0) is 25.7 Å². The zero-order valence-electron chi connectivity index (χ0n) is 17.4. The van der Waals surface area contributed by atoms with Crippen molar-refractivity contribution in [3.05, 3.63) is 119 Å². The summed E-state index contributed by atoms with van der Waals surface area (Å²) in [4.78, 5) is 0. The maximum atomic E-state index is 9.61. The molecular formula is C28H26O3. The van der Waals surface area contributed by atoms with Crippen LogP contribution in [0.25, 0.3) is 0 Å². The highest BCUT2D eigenvalue weighted by atomic mass is 16.5. The van der Waals surface area contributed by atoms with E-state index in [2.05, 4.69) is 24.3 Å². The standard InChI is InChI=1S/C28H26O3/c29-25-7-1-4-22(18-25)11-10-21-14-16-27(17-15-21)31-28-9-3-6-24(20-28)13-12-23-5-2-8-26(30)19-23/h1-9,14-20,29-30H,10-13H2. The summed E-state index contributed by atoms with van der Waals surface area (Å²) in [7, 11) is 0. The predicted molar refractivity (Wildman–Crippen MR) is 124 cm³/mol. The number of aryl methyl sites for hydroxylation is 4. The molecule has 0 saturated heterocycles. The minimum absolute atomic E-state index is 0.306. The Morgan fingerprint density at radius 2 is 0.935 bits per heavy atom. The van der Waals surface area contributed by atoms with Gasteiger partial charge < -0.3 is 14.9 Å². The number of hydrogen-bond acceptors (Lipinski definition) is 3. The molecule has 0 radical (unpaired) electrons. The molecule has 0 aliphatic rings. The summed E-state index contributed by atoms with van der Waals surface area (Å²) in [5.74, 6) is 2.25. The Bertz CT molecular complexity index is 1130. The van der Waals surface area contributed by atoms with E-state index in [0.29, 0.717) is 11.5 Å². The molecule has 4 aromatic carbocycles. The van der Waals surface area contributed by atoms with E-state index in [1.807, 2.05) is 60.7 Å². The van der Waals surface area contributed by atoms with Crippen LogP contribution in [0.1, 0.15) is 22.3 Å². The van der Waals surface area contributed by atoms with Crippen molar-refractivity contribution in [1.82, 2.24) is 0 Å². The Hall–Kier alpha value is -3.72. The summed E-state index contributed by atoms with van der Waals surface area (Å²) in [6, 6.07) is 31.1. The molecule has 4 aromatic rings. The Balaban J connectivity index is 1.33. The van der Waals surface area contributed by atoms with E-state index in [0.717, 1.165) is 48.3 Å². The van der Waals surface area contributed by atoms with Crippen LogP contribution < -0.4 is 4.74 Å². The van der Waals surface area contributed by atoms with Crippen LogP contribution in [0.5, 0.6) is 23.0 Å². The van der Waals surface area contributed by atoms with E-state index in [-0.39, 0.29) is 0 Å². The van der Waals surface area contributed by atoms with Gasteiger partial charge in [-0.2, -0.15) is 0 Å². The van der Waals surface area contributed by atoms with Crippen molar-refractivity contribution in [2.45, 2.75) is 25.7 Å². The van der Waals surface area contributed by atoms with Crippen LogP contribution in [0, 0.1) is 0 Å². The zero-order valence-corrected chi connectivity index (χ0v) is 17.4. The van der Waals surface area contributed by atoms with E-state index in [1.165, 1.54) is 11.1 Å². The fourth-order valence-corrected chi connectivity index (χ4v) is 3.63. The third-order valence-electron chi connectivity index (χ3n) is 5.28. The summed E-state index contributed by atoms with van der Waals surface area (Å²) < 4.78 is 6.05. The lowest BCUT2D eigenvalue weighted by Crippen LogP contribution is -1.93. The predicted octanol–water partition coefficient (Wildman–Crippen LogP) is 6.46. The number of phenolic OH excluding ortho intramolecular Hbond substituents is 2. The van der Waals surface area contributed by atoms with Crippen molar-refractivity contribution >= 4 is 0 Å². The molecule has 0 unspecified atom stereocenters. The second kappa shape index (κ2) is 9.86. The van der Waals surface area contributed by atoms with Gasteiger partial charge in [-0.1, -0.05) is 48.5 Å². The van der Waals surface area contributed by atoms with Crippen LogP contribution in [0.3, 0.4) is 0 Å². The Labute approximate surface area is 183 Å². The zero-order chi connectivity index (χ0) is 21.5. The highest BCUT2D eigenvalue weighted by molar-refractivity contribution is 5.36. The second-order valence-corrected chi connectivity index (χ2v) is 7.73. The first-order valence-electron chi connectivity index (χ1n) is 10.6. The highest BCUT2D eigenvalue weighted by Crippen LogP contribution is 2.24. The van der Waals surface area contributed by atoms with Crippen LogP contribution >= 0.6 is 0 Å². The average Bonchev–Trinajstić information content (AvgIpc) is 2.78. The van der Waals surface area contributed by atoms with Crippen molar-refractivity contribution in [3.8, 4) is 23.0 Å². The molecule has 31 heavy (non-hydrogen) atoms. The van der Waals surface area contributed by atoms with Crippen LogP contribution in [-0.4, -0.2) is 10.2 Å². The normalized spacial score (nSPS) is 10.7. The number of benzene rings is 4. The summed E-state index contributed by atoms with van der Waals surface area (Å²) in [6.07, 6.45) is 3.55. The van der Waals surface area contributed by atoms with E-state index in [4.69, 9.17) is 4.74 Å². The Morgan fingerprint density at radius 3 is 1.48 bits per heavy atom.